The van der Waals surface area contributed by atoms with E-state index < -0.39 is 5.97 Å². The molecule has 142 valence electrons. The molecule has 0 unspecified atom stereocenters. The first-order valence-electron chi connectivity index (χ1n) is 8.19. The minimum Gasteiger partial charge on any atom is -0.497 e. The van der Waals surface area contributed by atoms with Crippen molar-refractivity contribution in [2.45, 2.75) is 0 Å². The van der Waals surface area contributed by atoms with Crippen molar-refractivity contribution in [3.63, 3.8) is 0 Å². The number of aromatic nitrogens is 2. The van der Waals surface area contributed by atoms with Gasteiger partial charge in [0.1, 0.15) is 23.4 Å². The molecule has 3 aromatic rings. The Morgan fingerprint density at radius 2 is 2.11 bits per heavy atom. The topological polar surface area (TPSA) is 97.2 Å². The van der Waals surface area contributed by atoms with Crippen LogP contribution >= 0.6 is 15.9 Å². The minimum absolute atomic E-state index is 0.231. The first-order valence-corrected chi connectivity index (χ1v) is 8.98. The van der Waals surface area contributed by atoms with E-state index in [1.165, 1.54) is 7.11 Å². The molecule has 7 nitrogen and oxygen atoms in total. The fourth-order valence-corrected chi connectivity index (χ4v) is 2.89. The molecule has 1 N–H and O–H groups in total. The molecule has 0 fully saturated rings. The summed E-state index contributed by atoms with van der Waals surface area (Å²) in [5.74, 6) is 1.06. The maximum Gasteiger partial charge on any atom is 0.343 e. The first kappa shape index (κ1) is 19.5. The molecule has 0 bridgehead atoms. The first-order chi connectivity index (χ1) is 13.5. The number of nitrogens with zero attached hydrogens (tertiary/aromatic N) is 2. The highest BCUT2D eigenvalue weighted by Gasteiger charge is 2.12. The number of nitriles is 1. The number of allylic oxidation sites excluding steroid dienone is 1. The number of fused-ring (bicyclic) bond motifs is 1. The molecule has 1 aromatic heterocycles. The zero-order valence-corrected chi connectivity index (χ0v) is 16.7. The summed E-state index contributed by atoms with van der Waals surface area (Å²) in [7, 11) is 2.88. The van der Waals surface area contributed by atoms with Crippen LogP contribution in [0.1, 0.15) is 11.4 Å². The lowest BCUT2D eigenvalue weighted by Gasteiger charge is -2.09. The van der Waals surface area contributed by atoms with Crippen LogP contribution in [0.5, 0.6) is 11.5 Å². The van der Waals surface area contributed by atoms with Crippen LogP contribution in [0.2, 0.25) is 0 Å². The van der Waals surface area contributed by atoms with Gasteiger partial charge in [-0.2, -0.15) is 5.26 Å². The molecule has 8 heteroatoms. The van der Waals surface area contributed by atoms with Crippen molar-refractivity contribution in [1.82, 2.24) is 9.97 Å². The Morgan fingerprint density at radius 3 is 2.82 bits per heavy atom. The Kier molecular flexibility index (Phi) is 5.96. The summed E-state index contributed by atoms with van der Waals surface area (Å²) in [6, 6.07) is 12.9. The molecule has 1 heterocycles. The van der Waals surface area contributed by atoms with Crippen molar-refractivity contribution in [3.05, 3.63) is 52.3 Å². The van der Waals surface area contributed by atoms with Crippen molar-refractivity contribution in [2.24, 2.45) is 0 Å². The van der Waals surface area contributed by atoms with Crippen molar-refractivity contribution in [2.75, 3.05) is 20.8 Å². The maximum atomic E-state index is 11.4. The SMILES string of the molecule is COC(=O)COc1ccc(Br)cc1C=C(C#N)c1nc2ccc(OC)cc2[nH]1. The Balaban J connectivity index is 1.99. The van der Waals surface area contributed by atoms with E-state index in [4.69, 9.17) is 9.47 Å². The number of H-pyrrole nitrogens is 1. The van der Waals surface area contributed by atoms with Gasteiger partial charge in [-0.1, -0.05) is 15.9 Å². The fourth-order valence-electron chi connectivity index (χ4n) is 2.51. The average molecular weight is 442 g/mol. The predicted molar refractivity (Wildman–Crippen MR) is 108 cm³/mol. The summed E-state index contributed by atoms with van der Waals surface area (Å²) in [5.41, 5.74) is 2.41. The molecule has 3 rings (SSSR count). The molecule has 0 atom stereocenters. The van der Waals surface area contributed by atoms with Crippen LogP contribution in [0, 0.1) is 11.3 Å². The van der Waals surface area contributed by atoms with Gasteiger partial charge in [0.2, 0.25) is 0 Å². The van der Waals surface area contributed by atoms with Gasteiger partial charge in [0.05, 0.1) is 30.8 Å². The summed E-state index contributed by atoms with van der Waals surface area (Å²) in [6.07, 6.45) is 1.65. The number of ether oxygens (including phenoxy) is 3. The molecule has 2 aromatic carbocycles. The van der Waals surface area contributed by atoms with Crippen LogP contribution < -0.4 is 9.47 Å². The number of esters is 1. The van der Waals surface area contributed by atoms with Gasteiger partial charge in [-0.25, -0.2) is 9.78 Å². The number of carbonyl (C=O) groups is 1. The molecule has 0 radical (unpaired) electrons. The molecule has 28 heavy (non-hydrogen) atoms. The highest BCUT2D eigenvalue weighted by atomic mass is 79.9. The van der Waals surface area contributed by atoms with Gasteiger partial charge >= 0.3 is 5.97 Å². The second-order valence-electron chi connectivity index (χ2n) is 5.69. The van der Waals surface area contributed by atoms with E-state index in [2.05, 4.69) is 36.7 Å². The van der Waals surface area contributed by atoms with Crippen LogP contribution in [0.4, 0.5) is 0 Å². The average Bonchev–Trinajstić information content (AvgIpc) is 3.13. The van der Waals surface area contributed by atoms with E-state index in [1.54, 1.807) is 37.5 Å². The number of benzene rings is 2. The van der Waals surface area contributed by atoms with E-state index >= 15 is 0 Å². The summed E-state index contributed by atoms with van der Waals surface area (Å²) in [4.78, 5) is 19.0. The smallest absolute Gasteiger partial charge is 0.343 e. The summed E-state index contributed by atoms with van der Waals surface area (Å²) in [5, 5.41) is 9.65. The molecule has 0 aliphatic carbocycles. The summed E-state index contributed by atoms with van der Waals surface area (Å²) in [6.45, 7) is -0.231. The van der Waals surface area contributed by atoms with Gasteiger partial charge in [-0.15, -0.1) is 0 Å². The Hall–Kier alpha value is -3.31. The summed E-state index contributed by atoms with van der Waals surface area (Å²) >= 11 is 3.41. The van der Waals surface area contributed by atoms with Crippen LogP contribution in [-0.2, 0) is 9.53 Å². The number of imidazole rings is 1. The van der Waals surface area contributed by atoms with Crippen molar-refractivity contribution in [1.29, 1.82) is 5.26 Å². The summed E-state index contributed by atoms with van der Waals surface area (Å²) < 4.78 is 16.1. The number of hydrogen-bond acceptors (Lipinski definition) is 6. The fraction of sp³-hybridized carbons (Fsp3) is 0.150. The van der Waals surface area contributed by atoms with Gasteiger partial charge in [0.25, 0.3) is 0 Å². The highest BCUT2D eigenvalue weighted by Crippen LogP contribution is 2.28. The third-order valence-electron chi connectivity index (χ3n) is 3.91. The normalized spacial score (nSPS) is 11.1. The molecule has 0 aliphatic heterocycles. The van der Waals surface area contributed by atoms with E-state index in [0.717, 1.165) is 9.99 Å². The van der Waals surface area contributed by atoms with Gasteiger partial charge in [-0.05, 0) is 36.4 Å². The number of halogens is 1. The number of aromatic amines is 1. The second kappa shape index (κ2) is 8.59. The number of hydrogen-bond donors (Lipinski definition) is 1. The van der Waals surface area contributed by atoms with Crippen LogP contribution in [-0.4, -0.2) is 36.8 Å². The third-order valence-corrected chi connectivity index (χ3v) is 4.40. The van der Waals surface area contributed by atoms with Crippen LogP contribution in [0.25, 0.3) is 22.7 Å². The molecular formula is C20H16BrN3O4. The molecule has 0 saturated heterocycles. The lowest BCUT2D eigenvalue weighted by atomic mass is 10.1. The molecule has 0 saturated carbocycles. The number of carbonyl (C=O) groups excluding carboxylic acids is 1. The Labute approximate surface area is 169 Å². The van der Waals surface area contributed by atoms with Crippen molar-refractivity contribution in [3.8, 4) is 17.6 Å². The van der Waals surface area contributed by atoms with Gasteiger partial charge in [0, 0.05) is 16.1 Å². The Morgan fingerprint density at radius 1 is 1.29 bits per heavy atom. The largest absolute Gasteiger partial charge is 0.497 e. The van der Waals surface area contributed by atoms with Crippen molar-refractivity contribution < 1.29 is 19.0 Å². The maximum absolute atomic E-state index is 11.4. The highest BCUT2D eigenvalue weighted by molar-refractivity contribution is 9.10. The second-order valence-corrected chi connectivity index (χ2v) is 6.60. The van der Waals surface area contributed by atoms with Crippen molar-refractivity contribution >= 4 is 44.6 Å². The monoisotopic (exact) mass is 441 g/mol. The lowest BCUT2D eigenvalue weighted by Crippen LogP contribution is -2.13. The minimum atomic E-state index is -0.496. The van der Waals surface area contributed by atoms with Crippen LogP contribution in [0.15, 0.2) is 40.9 Å². The van der Waals surface area contributed by atoms with Crippen LogP contribution in [0.3, 0.4) is 0 Å². The van der Waals surface area contributed by atoms with E-state index in [-0.39, 0.29) is 6.61 Å². The lowest BCUT2D eigenvalue weighted by molar-refractivity contribution is -0.142. The van der Waals surface area contributed by atoms with E-state index in [0.29, 0.717) is 34.0 Å². The standard InChI is InChI=1S/C20H16BrN3O4/c1-26-15-4-5-16-17(9-15)24-20(23-16)13(10-22)7-12-8-14(21)3-6-18(12)28-11-19(25)27-2/h3-9H,11H2,1-2H3,(H,23,24). The number of rotatable bonds is 6. The molecule has 0 aliphatic rings. The van der Waals surface area contributed by atoms with Gasteiger partial charge < -0.3 is 19.2 Å². The van der Waals surface area contributed by atoms with E-state index in [1.807, 2.05) is 12.1 Å². The van der Waals surface area contributed by atoms with Gasteiger partial charge in [-0.3, -0.25) is 0 Å². The molecule has 0 amide bonds. The van der Waals surface area contributed by atoms with E-state index in [9.17, 15) is 10.1 Å². The quantitative estimate of drug-likeness (QED) is 0.459. The predicted octanol–water partition coefficient (Wildman–Crippen LogP) is 3.95. The molecule has 0 spiro atoms. The zero-order chi connectivity index (χ0) is 20.1. The van der Waals surface area contributed by atoms with Gasteiger partial charge in [0.15, 0.2) is 6.61 Å². The molecular weight excluding hydrogens is 426 g/mol. The number of methoxy groups -OCH3 is 2. The third kappa shape index (κ3) is 4.32. The zero-order valence-electron chi connectivity index (χ0n) is 15.2. The number of nitrogens with one attached hydrogen (secondary N) is 1. The Bertz CT molecular complexity index is 1100.